The lowest BCUT2D eigenvalue weighted by molar-refractivity contribution is 0.413. The minimum absolute atomic E-state index is 0.470. The van der Waals surface area contributed by atoms with Gasteiger partial charge in [-0.1, -0.05) is 11.6 Å². The standard InChI is InChI=1S/C9H9ClN4O/c1-5-3-6(10)4-7(8(5)15-2)9-11-13-14-12-9/h3-4H,1-2H3,(H,11,12,13,14). The Morgan fingerprint density at radius 1 is 1.40 bits per heavy atom. The fourth-order valence-corrected chi connectivity index (χ4v) is 1.72. The van der Waals surface area contributed by atoms with Crippen LogP contribution in [-0.4, -0.2) is 27.7 Å². The van der Waals surface area contributed by atoms with Gasteiger partial charge in [0, 0.05) is 5.02 Å². The summed E-state index contributed by atoms with van der Waals surface area (Å²) >= 11 is 5.95. The summed E-state index contributed by atoms with van der Waals surface area (Å²) in [7, 11) is 1.60. The summed E-state index contributed by atoms with van der Waals surface area (Å²) < 4.78 is 5.27. The van der Waals surface area contributed by atoms with Crippen LogP contribution in [-0.2, 0) is 0 Å². The molecule has 1 heterocycles. The smallest absolute Gasteiger partial charge is 0.208 e. The maximum atomic E-state index is 5.95. The van der Waals surface area contributed by atoms with Crippen molar-refractivity contribution in [3.8, 4) is 17.1 Å². The summed E-state index contributed by atoms with van der Waals surface area (Å²) in [6, 6.07) is 3.57. The molecule has 0 unspecified atom stereocenters. The number of nitrogens with one attached hydrogen (secondary N) is 1. The molecule has 5 nitrogen and oxygen atoms in total. The fraction of sp³-hybridized carbons (Fsp3) is 0.222. The number of hydrogen-bond donors (Lipinski definition) is 1. The van der Waals surface area contributed by atoms with Gasteiger partial charge in [-0.2, -0.15) is 5.21 Å². The summed E-state index contributed by atoms with van der Waals surface area (Å²) in [6.07, 6.45) is 0. The number of H-pyrrole nitrogens is 1. The SMILES string of the molecule is COc1c(C)cc(Cl)cc1-c1nn[nH]n1. The van der Waals surface area contributed by atoms with Crippen LogP contribution < -0.4 is 4.74 Å². The van der Waals surface area contributed by atoms with Crippen LogP contribution >= 0.6 is 11.6 Å². The van der Waals surface area contributed by atoms with E-state index in [0.717, 1.165) is 11.1 Å². The van der Waals surface area contributed by atoms with E-state index in [-0.39, 0.29) is 0 Å². The van der Waals surface area contributed by atoms with E-state index in [1.165, 1.54) is 0 Å². The van der Waals surface area contributed by atoms with Gasteiger partial charge in [-0.15, -0.1) is 10.2 Å². The van der Waals surface area contributed by atoms with E-state index in [1.807, 2.05) is 13.0 Å². The van der Waals surface area contributed by atoms with Crippen molar-refractivity contribution in [2.24, 2.45) is 0 Å². The Labute approximate surface area is 91.4 Å². The first-order valence-corrected chi connectivity index (χ1v) is 4.68. The number of rotatable bonds is 2. The Morgan fingerprint density at radius 2 is 2.20 bits per heavy atom. The van der Waals surface area contributed by atoms with Crippen molar-refractivity contribution in [1.29, 1.82) is 0 Å². The van der Waals surface area contributed by atoms with Crippen molar-refractivity contribution in [2.45, 2.75) is 6.92 Å². The lowest BCUT2D eigenvalue weighted by atomic mass is 10.1. The van der Waals surface area contributed by atoms with Crippen molar-refractivity contribution in [3.05, 3.63) is 22.7 Å². The van der Waals surface area contributed by atoms with Gasteiger partial charge in [0.25, 0.3) is 0 Å². The van der Waals surface area contributed by atoms with Crippen molar-refractivity contribution in [1.82, 2.24) is 20.6 Å². The molecule has 2 rings (SSSR count). The monoisotopic (exact) mass is 224 g/mol. The molecule has 1 aromatic heterocycles. The predicted molar refractivity (Wildman–Crippen MR) is 55.9 cm³/mol. The summed E-state index contributed by atoms with van der Waals surface area (Å²) in [5, 5.41) is 14.3. The van der Waals surface area contributed by atoms with E-state index in [0.29, 0.717) is 16.6 Å². The number of aryl methyl sites for hydroxylation is 1. The second-order valence-corrected chi connectivity index (χ2v) is 3.48. The van der Waals surface area contributed by atoms with Gasteiger partial charge in [0.1, 0.15) is 5.75 Å². The lowest BCUT2D eigenvalue weighted by Crippen LogP contribution is -1.93. The third-order valence-corrected chi connectivity index (χ3v) is 2.25. The molecule has 2 aromatic rings. The van der Waals surface area contributed by atoms with E-state index in [2.05, 4.69) is 20.6 Å². The van der Waals surface area contributed by atoms with Gasteiger partial charge in [0.2, 0.25) is 5.82 Å². The fourth-order valence-electron chi connectivity index (χ4n) is 1.44. The van der Waals surface area contributed by atoms with E-state index in [1.54, 1.807) is 13.2 Å². The predicted octanol–water partition coefficient (Wildman–Crippen LogP) is 1.84. The van der Waals surface area contributed by atoms with Gasteiger partial charge >= 0.3 is 0 Å². The van der Waals surface area contributed by atoms with Crippen LogP contribution in [0.25, 0.3) is 11.4 Å². The molecular formula is C9H9ClN4O. The second kappa shape index (κ2) is 3.86. The first kappa shape index (κ1) is 9.92. The van der Waals surface area contributed by atoms with Crippen molar-refractivity contribution in [2.75, 3.05) is 7.11 Å². The number of aromatic nitrogens is 4. The summed E-state index contributed by atoms with van der Waals surface area (Å²) in [6.45, 7) is 1.91. The molecule has 0 radical (unpaired) electrons. The van der Waals surface area contributed by atoms with E-state index in [4.69, 9.17) is 16.3 Å². The van der Waals surface area contributed by atoms with E-state index in [9.17, 15) is 0 Å². The van der Waals surface area contributed by atoms with Crippen molar-refractivity contribution in [3.63, 3.8) is 0 Å². The average Bonchev–Trinajstić information content (AvgIpc) is 2.69. The minimum atomic E-state index is 0.470. The molecule has 0 aliphatic rings. The quantitative estimate of drug-likeness (QED) is 0.846. The van der Waals surface area contributed by atoms with Gasteiger partial charge in [0.15, 0.2) is 0 Å². The maximum absolute atomic E-state index is 5.95. The third-order valence-electron chi connectivity index (χ3n) is 2.03. The number of aromatic amines is 1. The molecule has 0 aliphatic heterocycles. The summed E-state index contributed by atoms with van der Waals surface area (Å²) in [4.78, 5) is 0. The topological polar surface area (TPSA) is 63.7 Å². The first-order valence-electron chi connectivity index (χ1n) is 4.30. The molecule has 0 saturated heterocycles. The highest BCUT2D eigenvalue weighted by atomic mass is 35.5. The van der Waals surface area contributed by atoms with Crippen LogP contribution in [0.3, 0.4) is 0 Å². The van der Waals surface area contributed by atoms with Gasteiger partial charge in [-0.05, 0) is 29.8 Å². The van der Waals surface area contributed by atoms with Crippen LogP contribution in [0.15, 0.2) is 12.1 Å². The maximum Gasteiger partial charge on any atom is 0.208 e. The molecule has 0 spiro atoms. The highest BCUT2D eigenvalue weighted by Crippen LogP contribution is 2.33. The number of ether oxygens (including phenoxy) is 1. The van der Waals surface area contributed by atoms with Crippen molar-refractivity contribution < 1.29 is 4.74 Å². The Kier molecular flexibility index (Phi) is 2.55. The summed E-state index contributed by atoms with van der Waals surface area (Å²) in [5.74, 6) is 1.18. The molecule has 0 fully saturated rings. The van der Waals surface area contributed by atoms with Crippen LogP contribution in [0, 0.1) is 6.92 Å². The molecular weight excluding hydrogens is 216 g/mol. The van der Waals surface area contributed by atoms with Crippen molar-refractivity contribution >= 4 is 11.6 Å². The van der Waals surface area contributed by atoms with Crippen LogP contribution in [0.4, 0.5) is 0 Å². The second-order valence-electron chi connectivity index (χ2n) is 3.04. The zero-order chi connectivity index (χ0) is 10.8. The molecule has 6 heteroatoms. The summed E-state index contributed by atoms with van der Waals surface area (Å²) in [5.41, 5.74) is 1.67. The zero-order valence-electron chi connectivity index (χ0n) is 8.28. The Morgan fingerprint density at radius 3 is 2.80 bits per heavy atom. The molecule has 0 bridgehead atoms. The van der Waals surface area contributed by atoms with Gasteiger partial charge in [-0.25, -0.2) is 0 Å². The number of halogens is 1. The molecule has 0 aliphatic carbocycles. The first-order chi connectivity index (χ1) is 7.22. The van der Waals surface area contributed by atoms with E-state index < -0.39 is 0 Å². The average molecular weight is 225 g/mol. The number of benzene rings is 1. The lowest BCUT2D eigenvalue weighted by Gasteiger charge is -2.08. The van der Waals surface area contributed by atoms with Crippen LogP contribution in [0.1, 0.15) is 5.56 Å². The Hall–Kier alpha value is -1.62. The Balaban J connectivity index is 2.64. The third kappa shape index (κ3) is 1.78. The Bertz CT molecular complexity index is 469. The van der Waals surface area contributed by atoms with Crippen LogP contribution in [0.2, 0.25) is 5.02 Å². The highest BCUT2D eigenvalue weighted by molar-refractivity contribution is 6.31. The number of tetrazole rings is 1. The largest absolute Gasteiger partial charge is 0.496 e. The number of methoxy groups -OCH3 is 1. The molecule has 1 aromatic carbocycles. The van der Waals surface area contributed by atoms with Gasteiger partial charge in [-0.3, -0.25) is 0 Å². The molecule has 78 valence electrons. The van der Waals surface area contributed by atoms with Gasteiger partial charge in [0.05, 0.1) is 12.7 Å². The molecule has 1 N–H and O–H groups in total. The molecule has 0 atom stereocenters. The van der Waals surface area contributed by atoms with Gasteiger partial charge < -0.3 is 4.74 Å². The van der Waals surface area contributed by atoms with Crippen LogP contribution in [0.5, 0.6) is 5.75 Å². The zero-order valence-corrected chi connectivity index (χ0v) is 9.04. The number of hydrogen-bond acceptors (Lipinski definition) is 4. The molecule has 0 saturated carbocycles. The normalized spacial score (nSPS) is 10.3. The molecule has 0 amide bonds. The highest BCUT2D eigenvalue weighted by Gasteiger charge is 2.13. The minimum Gasteiger partial charge on any atom is -0.496 e. The van der Waals surface area contributed by atoms with E-state index >= 15 is 0 Å². The number of nitrogens with zero attached hydrogens (tertiary/aromatic N) is 3. The molecule has 15 heavy (non-hydrogen) atoms.